The van der Waals surface area contributed by atoms with Crippen LogP contribution in [0.3, 0.4) is 0 Å². The lowest BCUT2D eigenvalue weighted by atomic mass is 10.2. The summed E-state index contributed by atoms with van der Waals surface area (Å²) < 4.78 is 0. The third-order valence-corrected chi connectivity index (χ3v) is 4.48. The highest BCUT2D eigenvalue weighted by Crippen LogP contribution is 2.31. The average molecular weight is 320 g/mol. The van der Waals surface area contributed by atoms with Crippen LogP contribution in [0.1, 0.15) is 25.7 Å². The van der Waals surface area contributed by atoms with E-state index in [4.69, 9.17) is 5.73 Å². The van der Waals surface area contributed by atoms with Crippen LogP contribution in [-0.2, 0) is 0 Å². The van der Waals surface area contributed by atoms with Gasteiger partial charge in [0.05, 0.1) is 5.52 Å². The van der Waals surface area contributed by atoms with Gasteiger partial charge in [-0.3, -0.25) is 4.98 Å². The van der Waals surface area contributed by atoms with Crippen LogP contribution in [0.5, 0.6) is 0 Å². The number of hydrogen-bond acceptors (Lipinski definition) is 6. The Morgan fingerprint density at radius 3 is 2.67 bits per heavy atom. The summed E-state index contributed by atoms with van der Waals surface area (Å²) in [5.74, 6) is 1.32. The zero-order valence-electron chi connectivity index (χ0n) is 13.4. The molecule has 0 atom stereocenters. The minimum atomic E-state index is 0.455. The summed E-state index contributed by atoms with van der Waals surface area (Å²) in [4.78, 5) is 13.0. The summed E-state index contributed by atoms with van der Waals surface area (Å²) in [6.07, 6.45) is 8.18. The molecular weight excluding hydrogens is 300 g/mol. The number of nitrogens with zero attached hydrogens (tertiary/aromatic N) is 3. The van der Waals surface area contributed by atoms with E-state index < -0.39 is 0 Å². The molecule has 6 heteroatoms. The van der Waals surface area contributed by atoms with E-state index >= 15 is 0 Å². The Bertz CT molecular complexity index is 852. The number of pyridine rings is 1. The summed E-state index contributed by atoms with van der Waals surface area (Å²) in [6, 6.07) is 10.3. The van der Waals surface area contributed by atoms with Crippen LogP contribution in [0.15, 0.2) is 42.9 Å². The van der Waals surface area contributed by atoms with Crippen LogP contribution in [0.4, 0.5) is 23.0 Å². The monoisotopic (exact) mass is 320 g/mol. The Morgan fingerprint density at radius 1 is 0.958 bits per heavy atom. The smallest absolute Gasteiger partial charge is 0.159 e. The van der Waals surface area contributed by atoms with Gasteiger partial charge in [0.25, 0.3) is 0 Å². The molecule has 1 aliphatic rings. The number of anilines is 4. The number of hydrogen-bond donors (Lipinski definition) is 3. The number of nitrogens with one attached hydrogen (secondary N) is 2. The summed E-state index contributed by atoms with van der Waals surface area (Å²) in [6.45, 7) is 0. The first kappa shape index (κ1) is 14.7. The Labute approximate surface area is 140 Å². The number of nitrogen functional groups attached to an aromatic ring is 1. The van der Waals surface area contributed by atoms with Crippen LogP contribution in [-0.4, -0.2) is 21.0 Å². The van der Waals surface area contributed by atoms with Gasteiger partial charge in [0, 0.05) is 23.3 Å². The molecule has 3 aromatic rings. The van der Waals surface area contributed by atoms with Gasteiger partial charge < -0.3 is 16.4 Å². The number of benzene rings is 1. The van der Waals surface area contributed by atoms with Gasteiger partial charge in [0.2, 0.25) is 0 Å². The van der Waals surface area contributed by atoms with Gasteiger partial charge in [0.1, 0.15) is 12.0 Å². The van der Waals surface area contributed by atoms with Crippen molar-refractivity contribution >= 4 is 33.9 Å². The van der Waals surface area contributed by atoms with Crippen molar-refractivity contribution < 1.29 is 0 Å². The van der Waals surface area contributed by atoms with Crippen molar-refractivity contribution in [1.82, 2.24) is 15.0 Å². The number of nitrogens with two attached hydrogens (primary N) is 1. The van der Waals surface area contributed by atoms with Crippen molar-refractivity contribution in [2.45, 2.75) is 31.7 Å². The number of rotatable bonds is 4. The van der Waals surface area contributed by atoms with Crippen molar-refractivity contribution in [3.05, 3.63) is 42.9 Å². The predicted octanol–water partition coefficient (Wildman–Crippen LogP) is 3.71. The first-order chi connectivity index (χ1) is 11.8. The van der Waals surface area contributed by atoms with Crippen LogP contribution in [0.2, 0.25) is 0 Å². The average Bonchev–Trinajstić information content (AvgIpc) is 3.12. The molecule has 0 unspecified atom stereocenters. The zero-order valence-corrected chi connectivity index (χ0v) is 13.4. The first-order valence-corrected chi connectivity index (χ1v) is 8.29. The second-order valence-corrected chi connectivity index (χ2v) is 6.11. The summed E-state index contributed by atoms with van der Waals surface area (Å²) >= 11 is 0. The Kier molecular flexibility index (Phi) is 3.86. The number of fused-ring (bicyclic) bond motifs is 1. The molecule has 2 heterocycles. The van der Waals surface area contributed by atoms with E-state index in [0.29, 0.717) is 23.4 Å². The lowest BCUT2D eigenvalue weighted by Crippen LogP contribution is -2.17. The van der Waals surface area contributed by atoms with Gasteiger partial charge in [-0.25, -0.2) is 9.97 Å². The fourth-order valence-corrected chi connectivity index (χ4v) is 3.21. The SMILES string of the molecule is Nc1c(Nc2cccc3ncccc23)ncnc1NC1CCCC1. The summed E-state index contributed by atoms with van der Waals surface area (Å²) in [7, 11) is 0. The van der Waals surface area contributed by atoms with Crippen LogP contribution in [0, 0.1) is 0 Å². The molecule has 0 saturated heterocycles. The highest BCUT2D eigenvalue weighted by Gasteiger charge is 2.17. The highest BCUT2D eigenvalue weighted by molar-refractivity contribution is 5.94. The summed E-state index contributed by atoms with van der Waals surface area (Å²) in [5.41, 5.74) is 8.69. The zero-order chi connectivity index (χ0) is 16.4. The van der Waals surface area contributed by atoms with E-state index in [1.54, 1.807) is 12.5 Å². The first-order valence-electron chi connectivity index (χ1n) is 8.29. The Hall–Kier alpha value is -2.89. The van der Waals surface area contributed by atoms with Crippen LogP contribution < -0.4 is 16.4 Å². The van der Waals surface area contributed by atoms with Crippen molar-refractivity contribution in [3.63, 3.8) is 0 Å². The number of aromatic nitrogens is 3. The molecule has 0 amide bonds. The van der Waals surface area contributed by atoms with Crippen LogP contribution >= 0.6 is 0 Å². The third-order valence-electron chi connectivity index (χ3n) is 4.48. The fourth-order valence-electron chi connectivity index (χ4n) is 3.21. The molecule has 24 heavy (non-hydrogen) atoms. The van der Waals surface area contributed by atoms with Crippen molar-refractivity contribution in [2.24, 2.45) is 0 Å². The maximum atomic E-state index is 6.29. The second kappa shape index (κ2) is 6.31. The van der Waals surface area contributed by atoms with E-state index in [9.17, 15) is 0 Å². The van der Waals surface area contributed by atoms with E-state index in [-0.39, 0.29) is 0 Å². The van der Waals surface area contributed by atoms with Crippen molar-refractivity contribution in [3.8, 4) is 0 Å². The van der Waals surface area contributed by atoms with Gasteiger partial charge in [-0.05, 0) is 37.1 Å². The Balaban J connectivity index is 1.64. The highest BCUT2D eigenvalue weighted by atomic mass is 15.1. The van der Waals surface area contributed by atoms with E-state index in [1.165, 1.54) is 25.7 Å². The van der Waals surface area contributed by atoms with Gasteiger partial charge >= 0.3 is 0 Å². The maximum absolute atomic E-state index is 6.29. The minimum Gasteiger partial charge on any atom is -0.393 e. The molecule has 0 spiro atoms. The largest absolute Gasteiger partial charge is 0.393 e. The molecule has 4 rings (SSSR count). The van der Waals surface area contributed by atoms with Crippen molar-refractivity contribution in [2.75, 3.05) is 16.4 Å². The molecule has 122 valence electrons. The lowest BCUT2D eigenvalue weighted by Gasteiger charge is -2.16. The molecule has 1 aromatic carbocycles. The summed E-state index contributed by atoms with van der Waals surface area (Å²) in [5, 5.41) is 7.80. The van der Waals surface area contributed by atoms with E-state index in [1.807, 2.05) is 30.3 Å². The molecular formula is C18H20N6. The second-order valence-electron chi connectivity index (χ2n) is 6.11. The standard InChI is InChI=1S/C18H20N6/c19-16-17(23-12-5-1-2-6-12)21-11-22-18(16)24-15-9-3-8-14-13(15)7-4-10-20-14/h3-4,7-12H,1-2,5-6,19H2,(H2,21,22,23,24). The van der Waals surface area contributed by atoms with Crippen LogP contribution in [0.25, 0.3) is 10.9 Å². The molecule has 0 radical (unpaired) electrons. The van der Waals surface area contributed by atoms with Gasteiger partial charge in [-0.15, -0.1) is 0 Å². The third kappa shape index (κ3) is 2.82. The molecule has 0 aliphatic heterocycles. The topological polar surface area (TPSA) is 88.8 Å². The van der Waals surface area contributed by atoms with E-state index in [2.05, 4.69) is 25.6 Å². The molecule has 1 aliphatic carbocycles. The molecule has 0 bridgehead atoms. The fraction of sp³-hybridized carbons (Fsp3) is 0.278. The quantitative estimate of drug-likeness (QED) is 0.679. The normalized spacial score (nSPS) is 14.8. The van der Waals surface area contributed by atoms with Gasteiger partial charge in [0.15, 0.2) is 11.6 Å². The molecule has 6 nitrogen and oxygen atoms in total. The molecule has 1 saturated carbocycles. The maximum Gasteiger partial charge on any atom is 0.159 e. The Morgan fingerprint density at radius 2 is 1.79 bits per heavy atom. The lowest BCUT2D eigenvalue weighted by molar-refractivity contribution is 0.750. The van der Waals surface area contributed by atoms with E-state index in [0.717, 1.165) is 16.6 Å². The van der Waals surface area contributed by atoms with Gasteiger partial charge in [-0.2, -0.15) is 0 Å². The van der Waals surface area contributed by atoms with Crippen molar-refractivity contribution in [1.29, 1.82) is 0 Å². The molecule has 2 aromatic heterocycles. The molecule has 1 fully saturated rings. The minimum absolute atomic E-state index is 0.455. The predicted molar refractivity (Wildman–Crippen MR) is 97.3 cm³/mol. The molecule has 4 N–H and O–H groups in total. The van der Waals surface area contributed by atoms with Gasteiger partial charge in [-0.1, -0.05) is 18.9 Å².